The number of carbonyl (C=O) groups excluding carboxylic acids is 2. The average molecular weight is 303 g/mol. The second-order valence-electron chi connectivity index (χ2n) is 6.64. The highest BCUT2D eigenvalue weighted by molar-refractivity contribution is 6.18. The van der Waals surface area contributed by atoms with Crippen molar-refractivity contribution in [3.8, 4) is 0 Å². The number of amides is 2. The van der Waals surface area contributed by atoms with Crippen LogP contribution in [0.4, 0.5) is 4.79 Å². The van der Waals surface area contributed by atoms with Gasteiger partial charge in [-0.1, -0.05) is 0 Å². The van der Waals surface area contributed by atoms with Crippen molar-refractivity contribution in [1.82, 2.24) is 9.80 Å². The number of hydrogen-bond acceptors (Lipinski definition) is 3. The summed E-state index contributed by atoms with van der Waals surface area (Å²) in [5.74, 6) is 0.927. The van der Waals surface area contributed by atoms with Gasteiger partial charge in [0.2, 0.25) is 5.91 Å². The Hall–Kier alpha value is -0.970. The van der Waals surface area contributed by atoms with Crippen LogP contribution in [0.5, 0.6) is 0 Å². The maximum atomic E-state index is 12.0. The van der Waals surface area contributed by atoms with Crippen LogP contribution < -0.4 is 0 Å². The molecule has 20 heavy (non-hydrogen) atoms. The lowest BCUT2D eigenvalue weighted by molar-refractivity contribution is -0.129. The quantitative estimate of drug-likeness (QED) is 0.734. The number of halogens is 1. The fourth-order valence-electron chi connectivity index (χ4n) is 2.75. The van der Waals surface area contributed by atoms with E-state index < -0.39 is 5.60 Å². The second-order valence-corrected chi connectivity index (χ2v) is 6.95. The Kier molecular flexibility index (Phi) is 4.47. The molecule has 2 amide bonds. The normalized spacial score (nSPS) is 27.3. The number of hydrogen-bond donors (Lipinski definition) is 0. The van der Waals surface area contributed by atoms with Gasteiger partial charge in [-0.25, -0.2) is 4.79 Å². The molecule has 2 heterocycles. The molecule has 0 spiro atoms. The fourth-order valence-corrected chi connectivity index (χ4v) is 2.96. The first-order valence-electron chi connectivity index (χ1n) is 7.13. The Labute approximate surface area is 125 Å². The summed E-state index contributed by atoms with van der Waals surface area (Å²) >= 11 is 5.83. The summed E-state index contributed by atoms with van der Waals surface area (Å²) in [4.78, 5) is 27.5. The number of ether oxygens (including phenoxy) is 1. The lowest BCUT2D eigenvalue weighted by Crippen LogP contribution is -2.41. The van der Waals surface area contributed by atoms with E-state index in [0.29, 0.717) is 25.4 Å². The van der Waals surface area contributed by atoms with E-state index in [4.69, 9.17) is 16.3 Å². The highest BCUT2D eigenvalue weighted by Crippen LogP contribution is 2.26. The molecule has 2 fully saturated rings. The summed E-state index contributed by atoms with van der Waals surface area (Å²) in [7, 11) is 0. The molecule has 0 aromatic heterocycles. The van der Waals surface area contributed by atoms with Crippen molar-refractivity contribution < 1.29 is 14.3 Å². The lowest BCUT2D eigenvalue weighted by Gasteiger charge is -2.26. The zero-order valence-electron chi connectivity index (χ0n) is 12.4. The second kappa shape index (κ2) is 5.80. The van der Waals surface area contributed by atoms with Gasteiger partial charge in [-0.05, 0) is 33.1 Å². The van der Waals surface area contributed by atoms with Crippen molar-refractivity contribution in [2.75, 3.05) is 25.5 Å². The Bertz CT molecular complexity index is 394. The molecule has 114 valence electrons. The van der Waals surface area contributed by atoms with E-state index in [1.165, 1.54) is 0 Å². The summed E-state index contributed by atoms with van der Waals surface area (Å²) in [6.45, 7) is 7.49. The highest BCUT2D eigenvalue weighted by Gasteiger charge is 2.39. The van der Waals surface area contributed by atoms with Crippen LogP contribution in [0.2, 0.25) is 0 Å². The van der Waals surface area contributed by atoms with Crippen LogP contribution in [0.1, 0.15) is 33.6 Å². The van der Waals surface area contributed by atoms with Crippen LogP contribution in [-0.4, -0.2) is 59.0 Å². The molecule has 0 bridgehead atoms. The molecule has 2 rings (SSSR count). The van der Waals surface area contributed by atoms with Gasteiger partial charge in [0.25, 0.3) is 0 Å². The van der Waals surface area contributed by atoms with Crippen LogP contribution in [0, 0.1) is 5.92 Å². The summed E-state index contributed by atoms with van der Waals surface area (Å²) in [6, 6.07) is 0.114. The van der Waals surface area contributed by atoms with Crippen LogP contribution in [0.25, 0.3) is 0 Å². The maximum Gasteiger partial charge on any atom is 0.410 e. The maximum absolute atomic E-state index is 12.0. The molecule has 0 aliphatic carbocycles. The third-order valence-electron chi connectivity index (χ3n) is 3.71. The molecular weight excluding hydrogens is 280 g/mol. The van der Waals surface area contributed by atoms with E-state index in [0.717, 1.165) is 13.0 Å². The number of likely N-dealkylation sites (tertiary alicyclic amines) is 2. The third kappa shape index (κ3) is 3.57. The Morgan fingerprint density at radius 1 is 1.40 bits per heavy atom. The van der Waals surface area contributed by atoms with Gasteiger partial charge in [-0.2, -0.15) is 0 Å². The smallest absolute Gasteiger partial charge is 0.410 e. The van der Waals surface area contributed by atoms with Gasteiger partial charge in [0, 0.05) is 31.9 Å². The summed E-state index contributed by atoms with van der Waals surface area (Å²) in [5.41, 5.74) is -0.484. The molecule has 2 aliphatic rings. The molecule has 0 radical (unpaired) electrons. The number of nitrogens with zero attached hydrogens (tertiary/aromatic N) is 2. The molecule has 6 heteroatoms. The largest absolute Gasteiger partial charge is 0.444 e. The van der Waals surface area contributed by atoms with E-state index in [9.17, 15) is 9.59 Å². The predicted octanol–water partition coefficient (Wildman–Crippen LogP) is 2.08. The monoisotopic (exact) mass is 302 g/mol. The Morgan fingerprint density at radius 2 is 2.10 bits per heavy atom. The van der Waals surface area contributed by atoms with E-state index >= 15 is 0 Å². The first kappa shape index (κ1) is 15.4. The fraction of sp³-hybridized carbons (Fsp3) is 0.857. The molecular formula is C14H23ClN2O3. The van der Waals surface area contributed by atoms with Crippen molar-refractivity contribution in [3.63, 3.8) is 0 Å². The molecule has 0 aromatic rings. The predicted molar refractivity (Wildman–Crippen MR) is 76.8 cm³/mol. The summed E-state index contributed by atoms with van der Waals surface area (Å²) < 4.78 is 5.36. The van der Waals surface area contributed by atoms with Gasteiger partial charge in [0.1, 0.15) is 5.60 Å². The minimum absolute atomic E-state index is 0.114. The van der Waals surface area contributed by atoms with Crippen molar-refractivity contribution in [3.05, 3.63) is 0 Å². The first-order chi connectivity index (χ1) is 9.30. The number of carbonyl (C=O) groups is 2. The molecule has 2 saturated heterocycles. The van der Waals surface area contributed by atoms with Crippen LogP contribution in [0.3, 0.4) is 0 Å². The molecule has 2 atom stereocenters. The van der Waals surface area contributed by atoms with E-state index in [-0.39, 0.29) is 24.0 Å². The third-order valence-corrected chi connectivity index (χ3v) is 4.15. The van der Waals surface area contributed by atoms with Gasteiger partial charge >= 0.3 is 6.09 Å². The van der Waals surface area contributed by atoms with E-state index in [1.807, 2.05) is 25.7 Å². The highest BCUT2D eigenvalue weighted by atomic mass is 35.5. The van der Waals surface area contributed by atoms with Crippen molar-refractivity contribution in [1.29, 1.82) is 0 Å². The number of alkyl halides is 1. The van der Waals surface area contributed by atoms with Gasteiger partial charge < -0.3 is 14.5 Å². The topological polar surface area (TPSA) is 49.9 Å². The molecule has 2 unspecified atom stereocenters. The van der Waals surface area contributed by atoms with E-state index in [1.54, 1.807) is 4.90 Å². The van der Waals surface area contributed by atoms with Gasteiger partial charge in [0.05, 0.1) is 6.04 Å². The summed E-state index contributed by atoms with van der Waals surface area (Å²) in [5, 5.41) is 0. The minimum atomic E-state index is -0.484. The SMILES string of the molecule is CC(C)(C)OC(=O)N1CCC(N2CC(CCl)CC2=O)C1. The van der Waals surface area contributed by atoms with Crippen LogP contribution in [0.15, 0.2) is 0 Å². The van der Waals surface area contributed by atoms with Gasteiger partial charge in [-0.15, -0.1) is 11.6 Å². The zero-order valence-corrected chi connectivity index (χ0v) is 13.2. The average Bonchev–Trinajstić information content (AvgIpc) is 2.92. The zero-order chi connectivity index (χ0) is 14.9. The van der Waals surface area contributed by atoms with Crippen LogP contribution in [-0.2, 0) is 9.53 Å². The molecule has 0 N–H and O–H groups in total. The first-order valence-corrected chi connectivity index (χ1v) is 7.67. The van der Waals surface area contributed by atoms with Crippen LogP contribution >= 0.6 is 11.6 Å². The van der Waals surface area contributed by atoms with Crippen molar-refractivity contribution in [2.24, 2.45) is 5.92 Å². The standard InChI is InChI=1S/C14H23ClN2O3/c1-14(2,3)20-13(19)16-5-4-11(9-16)17-8-10(7-15)6-12(17)18/h10-11H,4-9H2,1-3H3. The van der Waals surface area contributed by atoms with Gasteiger partial charge in [0.15, 0.2) is 0 Å². The Balaban J connectivity index is 1.89. The van der Waals surface area contributed by atoms with E-state index in [2.05, 4.69) is 0 Å². The minimum Gasteiger partial charge on any atom is -0.444 e. The summed E-state index contributed by atoms with van der Waals surface area (Å²) in [6.07, 6.45) is 1.06. The molecule has 2 aliphatic heterocycles. The van der Waals surface area contributed by atoms with Gasteiger partial charge in [-0.3, -0.25) is 4.79 Å². The van der Waals surface area contributed by atoms with Crippen molar-refractivity contribution >= 4 is 23.6 Å². The lowest BCUT2D eigenvalue weighted by atomic mass is 10.1. The Morgan fingerprint density at radius 3 is 2.65 bits per heavy atom. The van der Waals surface area contributed by atoms with Crippen molar-refractivity contribution in [2.45, 2.75) is 45.3 Å². The molecule has 5 nitrogen and oxygen atoms in total. The number of rotatable bonds is 2. The molecule has 0 saturated carbocycles. The molecule has 0 aromatic carbocycles.